The fourth-order valence-electron chi connectivity index (χ4n) is 4.93. The molecule has 4 atom stereocenters. The standard InChI is InChI=1S/C22H24FNO/c1-2-18-19-13-24(12-15-6-4-3-5-7-15)14-20(19)22(25)21(18)16-8-10-17(23)11-9-16/h3-11,18-21H,2,12-14H2,1H3. The van der Waals surface area contributed by atoms with Gasteiger partial charge in [0.15, 0.2) is 0 Å². The second kappa shape index (κ2) is 6.72. The minimum absolute atomic E-state index is 0.0560. The van der Waals surface area contributed by atoms with Gasteiger partial charge in [-0.15, -0.1) is 0 Å². The first-order valence-corrected chi connectivity index (χ1v) is 9.23. The number of nitrogens with zero attached hydrogens (tertiary/aromatic N) is 1. The number of ketones is 1. The molecule has 2 aromatic rings. The van der Waals surface area contributed by atoms with Gasteiger partial charge in [-0.25, -0.2) is 4.39 Å². The van der Waals surface area contributed by atoms with E-state index in [1.165, 1.54) is 17.7 Å². The van der Waals surface area contributed by atoms with Gasteiger partial charge in [-0.3, -0.25) is 9.69 Å². The SMILES string of the molecule is CCC1C(c2ccc(F)cc2)C(=O)C2CN(Cc3ccccc3)CC21. The van der Waals surface area contributed by atoms with Gasteiger partial charge in [0.1, 0.15) is 11.6 Å². The van der Waals surface area contributed by atoms with Crippen molar-refractivity contribution in [2.45, 2.75) is 25.8 Å². The highest BCUT2D eigenvalue weighted by Crippen LogP contribution is 2.49. The molecule has 25 heavy (non-hydrogen) atoms. The number of hydrogen-bond donors (Lipinski definition) is 0. The number of benzene rings is 2. The quantitative estimate of drug-likeness (QED) is 0.830. The molecule has 1 saturated carbocycles. The van der Waals surface area contributed by atoms with Gasteiger partial charge in [-0.1, -0.05) is 55.8 Å². The van der Waals surface area contributed by atoms with E-state index in [1.54, 1.807) is 12.1 Å². The average molecular weight is 337 g/mol. The number of rotatable bonds is 4. The van der Waals surface area contributed by atoms with Crippen LogP contribution in [0.5, 0.6) is 0 Å². The van der Waals surface area contributed by atoms with Crippen LogP contribution in [-0.4, -0.2) is 23.8 Å². The first-order chi connectivity index (χ1) is 12.2. The maximum absolute atomic E-state index is 13.2. The molecular weight excluding hydrogens is 313 g/mol. The summed E-state index contributed by atoms with van der Waals surface area (Å²) in [6.07, 6.45) is 0.994. The highest BCUT2D eigenvalue weighted by molar-refractivity contribution is 5.91. The molecule has 0 aromatic heterocycles. The van der Waals surface area contributed by atoms with E-state index in [2.05, 4.69) is 36.1 Å². The number of fused-ring (bicyclic) bond motifs is 1. The molecule has 2 aromatic carbocycles. The van der Waals surface area contributed by atoms with Gasteiger partial charge in [-0.05, 0) is 35.1 Å². The van der Waals surface area contributed by atoms with E-state index in [1.807, 2.05) is 6.07 Å². The zero-order valence-electron chi connectivity index (χ0n) is 14.6. The van der Waals surface area contributed by atoms with Gasteiger partial charge in [0.05, 0.1) is 0 Å². The van der Waals surface area contributed by atoms with Gasteiger partial charge in [-0.2, -0.15) is 0 Å². The second-order valence-electron chi connectivity index (χ2n) is 7.45. The van der Waals surface area contributed by atoms with Crippen LogP contribution in [0.4, 0.5) is 4.39 Å². The smallest absolute Gasteiger partial charge is 0.145 e. The minimum atomic E-state index is -0.239. The molecule has 2 fully saturated rings. The summed E-state index contributed by atoms with van der Waals surface area (Å²) in [6.45, 7) is 4.93. The molecule has 0 amide bonds. The molecule has 1 aliphatic heterocycles. The molecule has 0 radical (unpaired) electrons. The maximum atomic E-state index is 13.2. The Morgan fingerprint density at radius 1 is 1.04 bits per heavy atom. The Balaban J connectivity index is 1.53. The molecule has 1 heterocycles. The lowest BCUT2D eigenvalue weighted by Crippen LogP contribution is -2.27. The molecule has 0 bridgehead atoms. The van der Waals surface area contributed by atoms with Gasteiger partial charge in [0.2, 0.25) is 0 Å². The van der Waals surface area contributed by atoms with E-state index in [9.17, 15) is 9.18 Å². The van der Waals surface area contributed by atoms with Gasteiger partial charge >= 0.3 is 0 Å². The molecule has 0 N–H and O–H groups in total. The molecule has 3 heteroatoms. The van der Waals surface area contributed by atoms with Crippen LogP contribution in [0.15, 0.2) is 54.6 Å². The highest BCUT2D eigenvalue weighted by atomic mass is 19.1. The van der Waals surface area contributed by atoms with Crippen LogP contribution in [0.1, 0.15) is 30.4 Å². The van der Waals surface area contributed by atoms with Crippen LogP contribution >= 0.6 is 0 Å². The zero-order valence-corrected chi connectivity index (χ0v) is 14.6. The molecule has 1 aliphatic carbocycles. The Morgan fingerprint density at radius 2 is 1.76 bits per heavy atom. The summed E-state index contributed by atoms with van der Waals surface area (Å²) >= 11 is 0. The monoisotopic (exact) mass is 337 g/mol. The Labute approximate surface area is 148 Å². The summed E-state index contributed by atoms with van der Waals surface area (Å²) in [5, 5.41) is 0. The van der Waals surface area contributed by atoms with Crippen molar-refractivity contribution < 1.29 is 9.18 Å². The Hall–Kier alpha value is -2.00. The summed E-state index contributed by atoms with van der Waals surface area (Å²) in [5.41, 5.74) is 2.29. The number of carbonyl (C=O) groups excluding carboxylic acids is 1. The molecule has 2 nitrogen and oxygen atoms in total. The summed E-state index contributed by atoms with van der Waals surface area (Å²) < 4.78 is 13.2. The zero-order chi connectivity index (χ0) is 17.4. The summed E-state index contributed by atoms with van der Waals surface area (Å²) in [6, 6.07) is 17.0. The third-order valence-corrected chi connectivity index (χ3v) is 6.04. The van der Waals surface area contributed by atoms with E-state index in [-0.39, 0.29) is 17.7 Å². The van der Waals surface area contributed by atoms with Crippen molar-refractivity contribution in [2.75, 3.05) is 13.1 Å². The van der Waals surface area contributed by atoms with Gasteiger partial charge in [0.25, 0.3) is 0 Å². The van der Waals surface area contributed by atoms with Crippen LogP contribution in [0.2, 0.25) is 0 Å². The molecule has 130 valence electrons. The van der Waals surface area contributed by atoms with Crippen LogP contribution in [0.3, 0.4) is 0 Å². The largest absolute Gasteiger partial charge is 0.299 e. The Bertz CT molecular complexity index is 742. The van der Waals surface area contributed by atoms with Crippen LogP contribution in [0.25, 0.3) is 0 Å². The number of halogens is 1. The van der Waals surface area contributed by atoms with Crippen LogP contribution in [-0.2, 0) is 11.3 Å². The van der Waals surface area contributed by atoms with Crippen molar-refractivity contribution in [1.29, 1.82) is 0 Å². The van der Waals surface area contributed by atoms with E-state index >= 15 is 0 Å². The highest BCUT2D eigenvalue weighted by Gasteiger charge is 2.53. The Morgan fingerprint density at radius 3 is 2.44 bits per heavy atom. The lowest BCUT2D eigenvalue weighted by molar-refractivity contribution is -0.122. The topological polar surface area (TPSA) is 20.3 Å². The normalized spacial score (nSPS) is 29.1. The second-order valence-corrected chi connectivity index (χ2v) is 7.45. The first-order valence-electron chi connectivity index (χ1n) is 9.23. The fraction of sp³-hybridized carbons (Fsp3) is 0.409. The van der Waals surface area contributed by atoms with Gasteiger partial charge in [0, 0.05) is 31.5 Å². The van der Waals surface area contributed by atoms with Crippen LogP contribution in [0, 0.1) is 23.6 Å². The average Bonchev–Trinajstić information content (AvgIpc) is 3.14. The van der Waals surface area contributed by atoms with Gasteiger partial charge < -0.3 is 0 Å². The van der Waals surface area contributed by atoms with E-state index in [0.717, 1.165) is 31.6 Å². The first kappa shape index (κ1) is 16.5. The molecule has 4 rings (SSSR count). The van der Waals surface area contributed by atoms with E-state index in [0.29, 0.717) is 17.6 Å². The number of carbonyl (C=O) groups is 1. The maximum Gasteiger partial charge on any atom is 0.145 e. The third kappa shape index (κ3) is 3.02. The predicted molar refractivity (Wildman–Crippen MR) is 96.6 cm³/mol. The van der Waals surface area contributed by atoms with Crippen molar-refractivity contribution in [3.63, 3.8) is 0 Å². The predicted octanol–water partition coefficient (Wildman–Crippen LogP) is 4.27. The lowest BCUT2D eigenvalue weighted by Gasteiger charge is -2.24. The molecular formula is C22H24FNO. The van der Waals surface area contributed by atoms with Crippen molar-refractivity contribution in [3.05, 3.63) is 71.5 Å². The van der Waals surface area contributed by atoms with Crippen molar-refractivity contribution >= 4 is 5.78 Å². The summed E-state index contributed by atoms with van der Waals surface area (Å²) in [7, 11) is 0. The van der Waals surface area contributed by atoms with Crippen molar-refractivity contribution in [2.24, 2.45) is 17.8 Å². The van der Waals surface area contributed by atoms with Crippen molar-refractivity contribution in [1.82, 2.24) is 4.90 Å². The van der Waals surface area contributed by atoms with E-state index in [4.69, 9.17) is 0 Å². The number of likely N-dealkylation sites (tertiary alicyclic amines) is 1. The molecule has 1 saturated heterocycles. The van der Waals surface area contributed by atoms with E-state index < -0.39 is 0 Å². The minimum Gasteiger partial charge on any atom is -0.299 e. The third-order valence-electron chi connectivity index (χ3n) is 6.04. The summed E-state index contributed by atoms with van der Waals surface area (Å²) in [4.78, 5) is 15.5. The lowest BCUT2D eigenvalue weighted by atomic mass is 9.82. The van der Waals surface area contributed by atoms with Crippen LogP contribution < -0.4 is 0 Å². The fourth-order valence-corrected chi connectivity index (χ4v) is 4.93. The summed E-state index contributed by atoms with van der Waals surface area (Å²) in [5.74, 6) is 0.985. The molecule has 0 spiro atoms. The molecule has 4 unspecified atom stereocenters. The van der Waals surface area contributed by atoms with Crippen molar-refractivity contribution in [3.8, 4) is 0 Å². The Kier molecular flexibility index (Phi) is 4.43. The number of Topliss-reactive ketones (excluding diaryl/α,β-unsaturated/α-hetero) is 1. The number of hydrogen-bond acceptors (Lipinski definition) is 2. The molecule has 2 aliphatic rings.